The number of hydrogen-bond donors (Lipinski definition) is 2. The average molecular weight is 333 g/mol. The molecular formula is C13H19NO5S2. The topological polar surface area (TPSA) is 94.9 Å². The van der Waals surface area contributed by atoms with Crippen LogP contribution < -0.4 is 0 Å². The third-order valence-corrected chi connectivity index (χ3v) is 7.20. The molecule has 2 rings (SSSR count). The lowest BCUT2D eigenvalue weighted by atomic mass is 9.93. The van der Waals surface area contributed by atoms with Gasteiger partial charge in [-0.1, -0.05) is 12.8 Å². The van der Waals surface area contributed by atoms with Gasteiger partial charge < -0.3 is 10.2 Å². The van der Waals surface area contributed by atoms with Crippen molar-refractivity contribution < 1.29 is 23.4 Å². The van der Waals surface area contributed by atoms with Crippen LogP contribution in [0.2, 0.25) is 0 Å². The summed E-state index contributed by atoms with van der Waals surface area (Å²) >= 11 is 0.908. The molecule has 1 saturated carbocycles. The second-order valence-corrected chi connectivity index (χ2v) is 8.14. The summed E-state index contributed by atoms with van der Waals surface area (Å²) in [6.45, 7) is 1.58. The fourth-order valence-electron chi connectivity index (χ4n) is 2.74. The maximum absolute atomic E-state index is 12.7. The minimum Gasteiger partial charge on any atom is -0.477 e. The Morgan fingerprint density at radius 1 is 1.38 bits per heavy atom. The van der Waals surface area contributed by atoms with Gasteiger partial charge in [-0.15, -0.1) is 11.3 Å². The molecule has 0 radical (unpaired) electrons. The number of hydrogen-bond acceptors (Lipinski definition) is 5. The molecule has 6 nitrogen and oxygen atoms in total. The molecule has 0 saturated heterocycles. The van der Waals surface area contributed by atoms with Crippen LogP contribution in [0.1, 0.15) is 40.9 Å². The molecule has 0 bridgehead atoms. The fourth-order valence-corrected chi connectivity index (χ4v) is 5.73. The Balaban J connectivity index is 2.42. The number of thiophene rings is 1. The number of carboxylic acid groups (broad SMARTS) is 1. The average Bonchev–Trinajstić information content (AvgIpc) is 2.81. The molecule has 1 aliphatic rings. The minimum atomic E-state index is -3.93. The van der Waals surface area contributed by atoms with E-state index in [1.165, 1.54) is 12.4 Å². The molecule has 2 unspecified atom stereocenters. The highest BCUT2D eigenvalue weighted by molar-refractivity contribution is 7.89. The van der Waals surface area contributed by atoms with E-state index in [-0.39, 0.29) is 9.77 Å². The number of sulfonamides is 1. The number of nitrogens with zero attached hydrogens (tertiary/aromatic N) is 1. The van der Waals surface area contributed by atoms with Crippen LogP contribution in [-0.4, -0.2) is 48.1 Å². The Morgan fingerprint density at radius 2 is 2.00 bits per heavy atom. The molecule has 2 N–H and O–H groups in total. The van der Waals surface area contributed by atoms with Gasteiger partial charge in [0.25, 0.3) is 0 Å². The van der Waals surface area contributed by atoms with Gasteiger partial charge in [0, 0.05) is 7.05 Å². The molecule has 1 aliphatic carbocycles. The number of aromatic carboxylic acids is 1. The highest BCUT2D eigenvalue weighted by Crippen LogP contribution is 2.32. The summed E-state index contributed by atoms with van der Waals surface area (Å²) in [7, 11) is -2.52. The van der Waals surface area contributed by atoms with E-state index in [0.717, 1.165) is 28.5 Å². The van der Waals surface area contributed by atoms with Crippen molar-refractivity contribution in [3.8, 4) is 0 Å². The summed E-state index contributed by atoms with van der Waals surface area (Å²) in [4.78, 5) is 10.9. The summed E-state index contributed by atoms with van der Waals surface area (Å²) in [5, 5.41) is 20.7. The van der Waals surface area contributed by atoms with Crippen LogP contribution in [0.3, 0.4) is 0 Å². The minimum absolute atomic E-state index is 0.153. The second kappa shape index (κ2) is 6.04. The maximum Gasteiger partial charge on any atom is 0.347 e. The molecule has 118 valence electrons. The van der Waals surface area contributed by atoms with Crippen LogP contribution in [0.5, 0.6) is 0 Å². The molecule has 0 amide bonds. The van der Waals surface area contributed by atoms with E-state index in [4.69, 9.17) is 5.11 Å². The van der Waals surface area contributed by atoms with Crippen molar-refractivity contribution in [2.45, 2.75) is 49.6 Å². The second-order valence-electron chi connectivity index (χ2n) is 5.32. The van der Waals surface area contributed by atoms with Crippen LogP contribution in [0.4, 0.5) is 0 Å². The highest BCUT2D eigenvalue weighted by Gasteiger charge is 2.37. The first-order valence-corrected chi connectivity index (χ1v) is 9.06. The van der Waals surface area contributed by atoms with E-state index in [0.29, 0.717) is 18.4 Å². The Morgan fingerprint density at radius 3 is 2.57 bits per heavy atom. The zero-order chi connectivity index (χ0) is 15.8. The van der Waals surface area contributed by atoms with Crippen LogP contribution in [-0.2, 0) is 10.0 Å². The number of aliphatic hydroxyl groups is 1. The van der Waals surface area contributed by atoms with Crippen LogP contribution in [0, 0.1) is 6.92 Å². The van der Waals surface area contributed by atoms with Crippen molar-refractivity contribution in [3.63, 3.8) is 0 Å². The van der Waals surface area contributed by atoms with Gasteiger partial charge in [-0.25, -0.2) is 13.2 Å². The normalized spacial score (nSPS) is 23.4. The van der Waals surface area contributed by atoms with Gasteiger partial charge in [-0.3, -0.25) is 0 Å². The number of rotatable bonds is 4. The lowest BCUT2D eigenvalue weighted by Crippen LogP contribution is -2.46. The van der Waals surface area contributed by atoms with E-state index in [2.05, 4.69) is 0 Å². The predicted molar refractivity (Wildman–Crippen MR) is 79.2 cm³/mol. The summed E-state index contributed by atoms with van der Waals surface area (Å²) in [6.07, 6.45) is 2.19. The molecule has 0 spiro atoms. The Bertz CT molecular complexity index is 637. The van der Waals surface area contributed by atoms with E-state index >= 15 is 0 Å². The SMILES string of the molecule is Cc1csc(C(=O)O)c1S(=O)(=O)N(C)C1CCCCC1O. The van der Waals surface area contributed by atoms with Gasteiger partial charge in [0.15, 0.2) is 0 Å². The van der Waals surface area contributed by atoms with Crippen molar-refractivity contribution in [2.24, 2.45) is 0 Å². The highest BCUT2D eigenvalue weighted by atomic mass is 32.2. The molecule has 2 atom stereocenters. The number of aryl methyl sites for hydroxylation is 1. The lowest BCUT2D eigenvalue weighted by molar-refractivity contribution is 0.0636. The monoisotopic (exact) mass is 333 g/mol. The first kappa shape index (κ1) is 16.4. The largest absolute Gasteiger partial charge is 0.477 e. The number of likely N-dealkylation sites (N-methyl/N-ethyl adjacent to an activating group) is 1. The van der Waals surface area contributed by atoms with E-state index < -0.39 is 28.1 Å². The molecule has 1 aromatic rings. The summed E-state index contributed by atoms with van der Waals surface area (Å²) in [5.74, 6) is -1.25. The lowest BCUT2D eigenvalue weighted by Gasteiger charge is -2.34. The van der Waals surface area contributed by atoms with Gasteiger partial charge in [-0.05, 0) is 30.7 Å². The van der Waals surface area contributed by atoms with E-state index in [1.807, 2.05) is 0 Å². The molecule has 1 aromatic heterocycles. The summed E-state index contributed by atoms with van der Waals surface area (Å²) in [6, 6.07) is -0.496. The number of aliphatic hydroxyl groups excluding tert-OH is 1. The van der Waals surface area contributed by atoms with E-state index in [9.17, 15) is 18.3 Å². The summed E-state index contributed by atoms with van der Waals surface area (Å²) in [5.41, 5.74) is 0.426. The van der Waals surface area contributed by atoms with Gasteiger partial charge in [0.2, 0.25) is 10.0 Å². The van der Waals surface area contributed by atoms with Crippen molar-refractivity contribution in [1.29, 1.82) is 0 Å². The molecule has 0 aromatic carbocycles. The number of carboxylic acids is 1. The van der Waals surface area contributed by atoms with Crippen LogP contribution in [0.25, 0.3) is 0 Å². The quantitative estimate of drug-likeness (QED) is 0.874. The Kier molecular flexibility index (Phi) is 4.72. The molecular weight excluding hydrogens is 314 g/mol. The fraction of sp³-hybridized carbons (Fsp3) is 0.615. The van der Waals surface area contributed by atoms with Gasteiger partial charge in [-0.2, -0.15) is 4.31 Å². The van der Waals surface area contributed by atoms with Crippen LogP contribution in [0.15, 0.2) is 10.3 Å². The summed E-state index contributed by atoms with van der Waals surface area (Å²) < 4.78 is 26.6. The zero-order valence-corrected chi connectivity index (χ0v) is 13.6. The van der Waals surface area contributed by atoms with Crippen molar-refractivity contribution in [3.05, 3.63) is 15.8 Å². The zero-order valence-electron chi connectivity index (χ0n) is 11.9. The molecule has 8 heteroatoms. The van der Waals surface area contributed by atoms with Crippen molar-refractivity contribution in [2.75, 3.05) is 7.05 Å². The standard InChI is InChI=1S/C13H19NO5S2/c1-8-7-20-11(13(16)17)12(8)21(18,19)14(2)9-5-3-4-6-10(9)15/h7,9-10,15H,3-6H2,1-2H3,(H,16,17). The molecule has 1 fully saturated rings. The predicted octanol–water partition coefficient (Wildman–Crippen LogP) is 1.68. The first-order valence-electron chi connectivity index (χ1n) is 6.74. The smallest absolute Gasteiger partial charge is 0.347 e. The Labute approximate surface area is 128 Å². The first-order chi connectivity index (χ1) is 9.76. The third kappa shape index (κ3) is 2.98. The third-order valence-electron chi connectivity index (χ3n) is 3.91. The number of carbonyl (C=O) groups is 1. The molecule has 1 heterocycles. The Hall–Kier alpha value is -0.960. The van der Waals surface area contributed by atoms with Crippen molar-refractivity contribution >= 4 is 27.3 Å². The van der Waals surface area contributed by atoms with Crippen molar-refractivity contribution in [1.82, 2.24) is 4.31 Å². The van der Waals surface area contributed by atoms with Crippen LogP contribution >= 0.6 is 11.3 Å². The van der Waals surface area contributed by atoms with Gasteiger partial charge in [0.05, 0.1) is 12.1 Å². The van der Waals surface area contributed by atoms with Gasteiger partial charge >= 0.3 is 5.97 Å². The van der Waals surface area contributed by atoms with Gasteiger partial charge in [0.1, 0.15) is 9.77 Å². The maximum atomic E-state index is 12.7. The molecule has 21 heavy (non-hydrogen) atoms. The van der Waals surface area contributed by atoms with E-state index in [1.54, 1.807) is 6.92 Å². The molecule has 0 aliphatic heterocycles.